The lowest BCUT2D eigenvalue weighted by Crippen LogP contribution is -2.26. The fraction of sp³-hybridized carbons (Fsp3) is 0.0123. The first-order chi connectivity index (χ1) is 42.2. The fourth-order valence-electron chi connectivity index (χ4n) is 14.8. The average Bonchev–Trinajstić information content (AvgIpc) is 1.52. The summed E-state index contributed by atoms with van der Waals surface area (Å²) < 4.78 is 13.5. The van der Waals surface area contributed by atoms with E-state index in [1.54, 1.807) is 0 Å². The van der Waals surface area contributed by atoms with Crippen molar-refractivity contribution in [3.8, 4) is 44.5 Å². The second-order valence-electron chi connectivity index (χ2n) is 22.6. The molecule has 0 fully saturated rings. The van der Waals surface area contributed by atoms with Crippen LogP contribution in [0.4, 0.5) is 34.1 Å². The summed E-state index contributed by atoms with van der Waals surface area (Å²) in [4.78, 5) is 4.71. The zero-order valence-corrected chi connectivity index (χ0v) is 46.1. The second-order valence-corrected chi connectivity index (χ2v) is 22.6. The van der Waals surface area contributed by atoms with E-state index in [1.165, 1.54) is 77.2 Å². The summed E-state index contributed by atoms with van der Waals surface area (Å²) in [5, 5.41) is 9.24. The molecule has 1 spiro atoms. The van der Waals surface area contributed by atoms with Crippen molar-refractivity contribution in [1.29, 1.82) is 0 Å². The van der Waals surface area contributed by atoms with Crippen molar-refractivity contribution in [3.63, 3.8) is 0 Å². The number of rotatable bonds is 8. The summed E-state index contributed by atoms with van der Waals surface area (Å²) >= 11 is 0. The van der Waals surface area contributed by atoms with Gasteiger partial charge in [-0.15, -0.1) is 0 Å². The Labute approximate surface area is 490 Å². The third-order valence-corrected chi connectivity index (χ3v) is 18.2. The Morgan fingerprint density at radius 3 is 1.05 bits per heavy atom. The Balaban J connectivity index is 0.880. The average molecular weight is 1080 g/mol. The van der Waals surface area contributed by atoms with Gasteiger partial charge < -0.3 is 18.6 Å². The van der Waals surface area contributed by atoms with Gasteiger partial charge in [0.25, 0.3) is 0 Å². The minimum Gasteiger partial charge on any atom is -0.454 e. The summed E-state index contributed by atoms with van der Waals surface area (Å²) in [6, 6.07) is 111. The first-order valence-corrected chi connectivity index (χ1v) is 29.2. The van der Waals surface area contributed by atoms with Crippen molar-refractivity contribution in [2.45, 2.75) is 5.41 Å². The van der Waals surface area contributed by atoms with Gasteiger partial charge in [0.15, 0.2) is 11.2 Å². The van der Waals surface area contributed by atoms with Crippen LogP contribution in [0.15, 0.2) is 312 Å². The van der Waals surface area contributed by atoms with E-state index in [1.807, 2.05) is 12.1 Å². The molecule has 0 unspecified atom stereocenters. The van der Waals surface area contributed by atoms with Gasteiger partial charge in [-0.3, -0.25) is 0 Å². The third-order valence-electron chi connectivity index (χ3n) is 18.2. The molecule has 0 saturated heterocycles. The van der Waals surface area contributed by atoms with Crippen molar-refractivity contribution in [1.82, 2.24) is 0 Å². The quantitative estimate of drug-likeness (QED) is 0.152. The maximum atomic E-state index is 6.77. The Hall–Kier alpha value is -11.2. The highest BCUT2D eigenvalue weighted by molar-refractivity contribution is 6.19. The van der Waals surface area contributed by atoms with Gasteiger partial charge >= 0.3 is 0 Å². The Bertz CT molecular complexity index is 5060. The van der Waals surface area contributed by atoms with E-state index in [4.69, 9.17) is 8.83 Å². The van der Waals surface area contributed by atoms with E-state index in [-0.39, 0.29) is 0 Å². The van der Waals surface area contributed by atoms with Crippen LogP contribution in [-0.2, 0) is 5.41 Å². The van der Waals surface area contributed by atoms with Gasteiger partial charge in [0.2, 0.25) is 0 Å². The van der Waals surface area contributed by atoms with Crippen molar-refractivity contribution in [2.75, 3.05) is 9.80 Å². The van der Waals surface area contributed by atoms with Gasteiger partial charge in [-0.1, -0.05) is 218 Å². The topological polar surface area (TPSA) is 32.8 Å². The van der Waals surface area contributed by atoms with Crippen LogP contribution in [0.5, 0.6) is 0 Å². The number of furan rings is 2. The molecular weight excluding hydrogens is 1030 g/mol. The number of nitrogens with zero attached hydrogens (tertiary/aromatic N) is 2. The molecule has 0 bridgehead atoms. The maximum Gasteiger partial charge on any atom is 0.159 e. The molecule has 16 aromatic rings. The molecule has 2 aromatic heterocycles. The number of para-hydroxylation sites is 6. The van der Waals surface area contributed by atoms with E-state index in [9.17, 15) is 0 Å². The Kier molecular flexibility index (Phi) is 10.3. The summed E-state index contributed by atoms with van der Waals surface area (Å²) in [5.74, 6) is 0. The lowest BCUT2D eigenvalue weighted by molar-refractivity contribution is 0.668. The van der Waals surface area contributed by atoms with Crippen molar-refractivity contribution >= 4 is 99.5 Å². The first-order valence-electron chi connectivity index (χ1n) is 29.2. The number of hydrogen-bond donors (Lipinski definition) is 0. The van der Waals surface area contributed by atoms with Gasteiger partial charge in [0.1, 0.15) is 11.2 Å². The second kappa shape index (κ2) is 18.4. The van der Waals surface area contributed by atoms with Gasteiger partial charge in [-0.2, -0.15) is 0 Å². The zero-order chi connectivity index (χ0) is 55.7. The number of hydrogen-bond acceptors (Lipinski definition) is 4. The maximum absolute atomic E-state index is 6.77. The largest absolute Gasteiger partial charge is 0.454 e. The lowest BCUT2D eigenvalue weighted by atomic mass is 9.69. The summed E-state index contributed by atoms with van der Waals surface area (Å²) in [5.41, 5.74) is 23.8. The van der Waals surface area contributed by atoms with E-state index in [0.717, 1.165) is 89.1 Å². The molecule has 4 heteroatoms. The predicted molar refractivity (Wildman–Crippen MR) is 353 cm³/mol. The van der Waals surface area contributed by atoms with Crippen LogP contribution in [0, 0.1) is 0 Å². The van der Waals surface area contributed by atoms with Crippen LogP contribution in [0.3, 0.4) is 0 Å². The highest BCUT2D eigenvalue weighted by atomic mass is 16.3. The van der Waals surface area contributed by atoms with Crippen molar-refractivity contribution < 1.29 is 8.83 Å². The number of fused-ring (bicyclic) bond motifs is 20. The van der Waals surface area contributed by atoms with Crippen LogP contribution < -0.4 is 9.80 Å². The number of anilines is 6. The zero-order valence-electron chi connectivity index (χ0n) is 46.1. The predicted octanol–water partition coefficient (Wildman–Crippen LogP) is 22.4. The number of benzene rings is 14. The molecule has 0 atom stereocenters. The van der Waals surface area contributed by atoms with Gasteiger partial charge in [0, 0.05) is 44.3 Å². The molecule has 18 rings (SSSR count). The first kappa shape index (κ1) is 47.4. The highest BCUT2D eigenvalue weighted by Gasteiger charge is 2.53. The van der Waals surface area contributed by atoms with Gasteiger partial charge in [-0.25, -0.2) is 0 Å². The molecule has 0 aliphatic heterocycles. The van der Waals surface area contributed by atoms with Crippen LogP contribution in [0.1, 0.15) is 22.3 Å². The lowest BCUT2D eigenvalue weighted by Gasteiger charge is -2.32. The fourth-order valence-corrected chi connectivity index (χ4v) is 14.8. The molecule has 0 radical (unpaired) electrons. The van der Waals surface area contributed by atoms with Gasteiger partial charge in [0.05, 0.1) is 16.8 Å². The Morgan fingerprint density at radius 1 is 0.235 bits per heavy atom. The molecule has 0 N–H and O–H groups in total. The van der Waals surface area contributed by atoms with Crippen LogP contribution in [0.2, 0.25) is 0 Å². The van der Waals surface area contributed by atoms with Crippen LogP contribution in [0.25, 0.3) is 110 Å². The van der Waals surface area contributed by atoms with E-state index in [0.29, 0.717) is 0 Å². The standard InChI is InChI=1S/C81H50N2O2/c1-3-25-53(26-4-1)82(73-43-21-39-65-61-35-13-17-45-75(61)84-79(65)73)55-29-19-23-51(47-55)67-49-71-77(63-37-9-7-31-57(63)67)78-64-38-10-8-32-58(64)68(50-72(78)81(71)69-41-15-11-33-59(69)60-34-12-16-42-70(60)81)52-24-20-30-56(48-52)83(54-27-5-2-6-28-54)74-44-22-40-66-62-36-14-18-46-76(62)85-80(66)74/h1-50H. The minimum absolute atomic E-state index is 0.676. The van der Waals surface area contributed by atoms with Crippen LogP contribution in [-0.4, -0.2) is 0 Å². The van der Waals surface area contributed by atoms with E-state index >= 15 is 0 Å². The monoisotopic (exact) mass is 1080 g/mol. The summed E-state index contributed by atoms with van der Waals surface area (Å²) in [7, 11) is 0. The molecule has 2 aliphatic carbocycles. The molecule has 85 heavy (non-hydrogen) atoms. The van der Waals surface area contributed by atoms with Crippen LogP contribution >= 0.6 is 0 Å². The molecule has 0 saturated carbocycles. The highest BCUT2D eigenvalue weighted by Crippen LogP contribution is 2.66. The molecule has 2 aliphatic rings. The van der Waals surface area contributed by atoms with E-state index < -0.39 is 5.41 Å². The summed E-state index contributed by atoms with van der Waals surface area (Å²) in [6.07, 6.45) is 0. The third kappa shape index (κ3) is 6.85. The molecule has 4 nitrogen and oxygen atoms in total. The van der Waals surface area contributed by atoms with E-state index in [2.05, 4.69) is 301 Å². The molecule has 14 aromatic carbocycles. The molecule has 2 heterocycles. The van der Waals surface area contributed by atoms with Gasteiger partial charge in [-0.05, 0) is 173 Å². The Morgan fingerprint density at radius 2 is 0.588 bits per heavy atom. The smallest absolute Gasteiger partial charge is 0.159 e. The normalized spacial score (nSPS) is 12.8. The van der Waals surface area contributed by atoms with Crippen molar-refractivity contribution in [3.05, 3.63) is 326 Å². The summed E-state index contributed by atoms with van der Waals surface area (Å²) in [6.45, 7) is 0. The molecule has 396 valence electrons. The SMILES string of the molecule is c1ccc(N(c2cccc(-c3cc4c(c5ccccc35)-c3c(cc(-c5cccc(N(c6ccccc6)c6cccc7c6oc6ccccc67)c5)c5ccccc35)C43c4ccccc4-c4ccccc43)c2)c2cccc3c2oc2ccccc23)cc1. The molecular formula is C81H50N2O2. The molecule has 0 amide bonds. The minimum atomic E-state index is -0.676. The van der Waals surface area contributed by atoms with Crippen molar-refractivity contribution in [2.24, 2.45) is 0 Å².